The molecule has 1 heterocycles. The topological polar surface area (TPSA) is 49.4 Å². The second-order valence-corrected chi connectivity index (χ2v) is 8.34. The summed E-state index contributed by atoms with van der Waals surface area (Å²) in [6.45, 7) is 6.82. The predicted molar refractivity (Wildman–Crippen MR) is 66.9 cm³/mol. The van der Waals surface area contributed by atoms with Gasteiger partial charge in [-0.05, 0) is 40.2 Å². The van der Waals surface area contributed by atoms with Crippen LogP contribution in [0.15, 0.2) is 0 Å². The molecule has 0 spiro atoms. The van der Waals surface area contributed by atoms with Crippen molar-refractivity contribution in [2.24, 2.45) is 0 Å². The molecule has 0 aliphatic carbocycles. The lowest BCUT2D eigenvalue weighted by atomic mass is 10.1. The maximum Gasteiger partial charge on any atom is 0.218 e. The average Bonchev–Trinajstić information content (AvgIpc) is 2.17. The third kappa shape index (κ3) is 3.18. The minimum Gasteiger partial charge on any atom is -0.313 e. The second kappa shape index (κ2) is 5.02. The molecule has 1 rings (SSSR count). The van der Waals surface area contributed by atoms with Gasteiger partial charge in [-0.2, -0.15) is 0 Å². The van der Waals surface area contributed by atoms with Gasteiger partial charge in [0.05, 0.1) is 4.75 Å². The molecule has 0 aromatic carbocycles. The van der Waals surface area contributed by atoms with Crippen molar-refractivity contribution in [1.29, 1.82) is 0 Å². The summed E-state index contributed by atoms with van der Waals surface area (Å²) in [6, 6.07) is 0.316. The van der Waals surface area contributed by atoms with Crippen molar-refractivity contribution >= 4 is 10.0 Å². The zero-order chi connectivity index (χ0) is 12.4. The van der Waals surface area contributed by atoms with Crippen molar-refractivity contribution in [3.8, 4) is 0 Å². The molecular formula is C11H24N2O2S. The molecule has 5 heteroatoms. The number of rotatable bonds is 3. The SMILES string of the molecule is CN(CC1CCCCN1)S(=O)(=O)C(C)(C)C. The number of nitrogens with one attached hydrogen (secondary N) is 1. The van der Waals surface area contributed by atoms with Gasteiger partial charge in [0, 0.05) is 19.6 Å². The third-order valence-corrected chi connectivity index (χ3v) is 5.59. The third-order valence-electron chi connectivity index (χ3n) is 3.07. The van der Waals surface area contributed by atoms with Crippen LogP contribution in [0.2, 0.25) is 0 Å². The lowest BCUT2D eigenvalue weighted by Gasteiger charge is -2.31. The molecule has 1 aliphatic rings. The Morgan fingerprint density at radius 2 is 1.94 bits per heavy atom. The van der Waals surface area contributed by atoms with Crippen molar-refractivity contribution in [1.82, 2.24) is 9.62 Å². The lowest BCUT2D eigenvalue weighted by Crippen LogP contribution is -2.48. The molecule has 0 aromatic rings. The van der Waals surface area contributed by atoms with Crippen molar-refractivity contribution in [3.63, 3.8) is 0 Å². The Bertz CT molecular complexity index is 313. The van der Waals surface area contributed by atoms with Crippen molar-refractivity contribution < 1.29 is 8.42 Å². The van der Waals surface area contributed by atoms with Crippen LogP contribution < -0.4 is 5.32 Å². The van der Waals surface area contributed by atoms with Gasteiger partial charge in [-0.1, -0.05) is 6.42 Å². The van der Waals surface area contributed by atoms with Crippen LogP contribution in [-0.2, 0) is 10.0 Å². The molecular weight excluding hydrogens is 224 g/mol. The van der Waals surface area contributed by atoms with Gasteiger partial charge in [0.2, 0.25) is 10.0 Å². The molecule has 1 aliphatic heterocycles. The monoisotopic (exact) mass is 248 g/mol. The molecule has 1 saturated heterocycles. The quantitative estimate of drug-likeness (QED) is 0.816. The summed E-state index contributed by atoms with van der Waals surface area (Å²) in [5, 5.41) is 3.37. The predicted octanol–water partition coefficient (Wildman–Crippen LogP) is 1.19. The van der Waals surface area contributed by atoms with E-state index in [0.29, 0.717) is 12.6 Å². The fraction of sp³-hybridized carbons (Fsp3) is 1.00. The van der Waals surface area contributed by atoms with Crippen molar-refractivity contribution in [2.75, 3.05) is 20.1 Å². The van der Waals surface area contributed by atoms with Crippen LogP contribution in [0.3, 0.4) is 0 Å². The maximum absolute atomic E-state index is 12.1. The van der Waals surface area contributed by atoms with Crippen molar-refractivity contribution in [2.45, 2.75) is 50.8 Å². The Morgan fingerprint density at radius 3 is 2.38 bits per heavy atom. The van der Waals surface area contributed by atoms with E-state index in [0.717, 1.165) is 13.0 Å². The number of hydrogen-bond donors (Lipinski definition) is 1. The summed E-state index contributed by atoms with van der Waals surface area (Å²) < 4.78 is 25.0. The summed E-state index contributed by atoms with van der Waals surface area (Å²) in [6.07, 6.45) is 3.47. The maximum atomic E-state index is 12.1. The van der Waals surface area contributed by atoms with Gasteiger partial charge in [0.1, 0.15) is 0 Å². The van der Waals surface area contributed by atoms with Crippen LogP contribution in [0.1, 0.15) is 40.0 Å². The summed E-state index contributed by atoms with van der Waals surface area (Å²) in [5.74, 6) is 0. The van der Waals surface area contributed by atoms with Gasteiger partial charge < -0.3 is 5.32 Å². The average molecular weight is 248 g/mol. The van der Waals surface area contributed by atoms with Gasteiger partial charge in [-0.15, -0.1) is 0 Å². The van der Waals surface area contributed by atoms with Gasteiger partial charge in [0.25, 0.3) is 0 Å². The minimum absolute atomic E-state index is 0.316. The van der Waals surface area contributed by atoms with Crippen LogP contribution in [-0.4, -0.2) is 43.6 Å². The fourth-order valence-electron chi connectivity index (χ4n) is 1.96. The summed E-state index contributed by atoms with van der Waals surface area (Å²) in [7, 11) is -1.51. The molecule has 16 heavy (non-hydrogen) atoms. The molecule has 0 radical (unpaired) electrons. The highest BCUT2D eigenvalue weighted by molar-refractivity contribution is 7.90. The van der Waals surface area contributed by atoms with Crippen LogP contribution in [0.25, 0.3) is 0 Å². The van der Waals surface area contributed by atoms with Crippen LogP contribution in [0.5, 0.6) is 0 Å². The Kier molecular flexibility index (Phi) is 4.37. The highest BCUT2D eigenvalue weighted by Crippen LogP contribution is 2.20. The highest BCUT2D eigenvalue weighted by Gasteiger charge is 2.34. The van der Waals surface area contributed by atoms with E-state index in [-0.39, 0.29) is 0 Å². The lowest BCUT2D eigenvalue weighted by molar-refractivity contribution is 0.333. The number of hydrogen-bond acceptors (Lipinski definition) is 3. The molecule has 96 valence electrons. The Balaban J connectivity index is 2.61. The van der Waals surface area contributed by atoms with Gasteiger partial charge in [-0.25, -0.2) is 12.7 Å². The normalized spacial score (nSPS) is 23.7. The first-order valence-corrected chi connectivity index (χ1v) is 7.38. The zero-order valence-corrected chi connectivity index (χ0v) is 11.6. The molecule has 0 bridgehead atoms. The summed E-state index contributed by atoms with van der Waals surface area (Å²) in [4.78, 5) is 0. The first-order valence-electron chi connectivity index (χ1n) is 5.94. The van der Waals surface area contributed by atoms with Crippen LogP contribution >= 0.6 is 0 Å². The van der Waals surface area contributed by atoms with Crippen LogP contribution in [0.4, 0.5) is 0 Å². The largest absolute Gasteiger partial charge is 0.313 e. The van der Waals surface area contributed by atoms with E-state index in [1.54, 1.807) is 27.8 Å². The van der Waals surface area contributed by atoms with E-state index in [2.05, 4.69) is 5.32 Å². The van der Waals surface area contributed by atoms with Gasteiger partial charge >= 0.3 is 0 Å². The first-order chi connectivity index (χ1) is 7.25. The summed E-state index contributed by atoms with van der Waals surface area (Å²) in [5.41, 5.74) is 0. The standard InChI is InChI=1S/C11H24N2O2S/c1-11(2,3)16(14,15)13(4)9-10-7-5-6-8-12-10/h10,12H,5-9H2,1-4H3. The molecule has 1 N–H and O–H groups in total. The van der Waals surface area contributed by atoms with E-state index in [4.69, 9.17) is 0 Å². The van der Waals surface area contributed by atoms with Gasteiger partial charge in [0.15, 0.2) is 0 Å². The molecule has 1 fully saturated rings. The highest BCUT2D eigenvalue weighted by atomic mass is 32.2. The molecule has 0 amide bonds. The van der Waals surface area contributed by atoms with Gasteiger partial charge in [-0.3, -0.25) is 0 Å². The number of nitrogens with zero attached hydrogens (tertiary/aromatic N) is 1. The van der Waals surface area contributed by atoms with E-state index in [1.165, 1.54) is 17.1 Å². The first kappa shape index (κ1) is 13.9. The summed E-state index contributed by atoms with van der Waals surface area (Å²) >= 11 is 0. The zero-order valence-electron chi connectivity index (χ0n) is 10.8. The smallest absolute Gasteiger partial charge is 0.218 e. The molecule has 1 unspecified atom stereocenters. The Morgan fingerprint density at radius 1 is 1.31 bits per heavy atom. The van der Waals surface area contributed by atoms with E-state index in [1.807, 2.05) is 0 Å². The number of sulfonamides is 1. The van der Waals surface area contributed by atoms with E-state index in [9.17, 15) is 8.42 Å². The Labute approximate surface area is 99.5 Å². The minimum atomic E-state index is -3.18. The van der Waals surface area contributed by atoms with Crippen molar-refractivity contribution in [3.05, 3.63) is 0 Å². The molecule has 1 atom stereocenters. The van der Waals surface area contributed by atoms with E-state index >= 15 is 0 Å². The van der Waals surface area contributed by atoms with E-state index < -0.39 is 14.8 Å². The molecule has 0 aromatic heterocycles. The molecule has 0 saturated carbocycles. The fourth-order valence-corrected chi connectivity index (χ4v) is 3.27. The second-order valence-electron chi connectivity index (χ2n) is 5.54. The van der Waals surface area contributed by atoms with Crippen LogP contribution in [0, 0.1) is 0 Å². The Hall–Kier alpha value is -0.130. The molecule has 4 nitrogen and oxygen atoms in total. The number of piperidine rings is 1. The number of likely N-dealkylation sites (N-methyl/N-ethyl adjacent to an activating group) is 1.